The van der Waals surface area contributed by atoms with Crippen LogP contribution >= 0.6 is 0 Å². The first-order valence-electron chi connectivity index (χ1n) is 7.70. The molecule has 0 saturated heterocycles. The maximum atomic E-state index is 12.3. The third-order valence-electron chi connectivity index (χ3n) is 3.24. The summed E-state index contributed by atoms with van der Waals surface area (Å²) in [6.07, 6.45) is 1.58. The second-order valence-corrected chi connectivity index (χ2v) is 5.03. The highest BCUT2D eigenvalue weighted by Gasteiger charge is 2.13. The second kappa shape index (κ2) is 8.54. The van der Waals surface area contributed by atoms with Gasteiger partial charge in [-0.25, -0.2) is 4.79 Å². The van der Waals surface area contributed by atoms with Gasteiger partial charge in [-0.2, -0.15) is 0 Å². The first-order chi connectivity index (χ1) is 12.0. The zero-order chi connectivity index (χ0) is 18.2. The number of phenols is 1. The van der Waals surface area contributed by atoms with Gasteiger partial charge in [0, 0.05) is 11.8 Å². The number of hydrogen-bond acceptors (Lipinski definition) is 5. The molecule has 2 aromatic carbocycles. The fourth-order valence-electron chi connectivity index (χ4n) is 2.05. The third-order valence-corrected chi connectivity index (χ3v) is 3.24. The van der Waals surface area contributed by atoms with Crippen LogP contribution in [0.4, 0.5) is 5.69 Å². The summed E-state index contributed by atoms with van der Waals surface area (Å²) in [5.74, 6) is -0.653. The van der Waals surface area contributed by atoms with Crippen molar-refractivity contribution in [3.8, 4) is 11.5 Å². The molecule has 0 bridgehead atoms. The Bertz CT molecular complexity index is 768. The molecule has 0 aliphatic carbocycles. The first-order valence-corrected chi connectivity index (χ1v) is 7.70. The molecule has 0 radical (unpaired) electrons. The lowest BCUT2D eigenvalue weighted by molar-refractivity contribution is 0.0526. The van der Waals surface area contributed by atoms with E-state index in [1.165, 1.54) is 12.1 Å². The number of ether oxygens (including phenoxy) is 2. The fourth-order valence-corrected chi connectivity index (χ4v) is 2.05. The second-order valence-electron chi connectivity index (χ2n) is 5.03. The number of esters is 1. The number of phenolic OH excluding ortho intramolecular Hbond substituents is 1. The van der Waals surface area contributed by atoms with E-state index in [0.717, 1.165) is 0 Å². The molecule has 0 heterocycles. The van der Waals surface area contributed by atoms with Crippen LogP contribution in [0.2, 0.25) is 0 Å². The Morgan fingerprint density at radius 2 is 1.92 bits per heavy atom. The summed E-state index contributed by atoms with van der Waals surface area (Å²) < 4.78 is 10.2. The maximum Gasteiger partial charge on any atom is 0.338 e. The van der Waals surface area contributed by atoms with Crippen molar-refractivity contribution in [2.75, 3.05) is 18.5 Å². The Labute approximate surface area is 145 Å². The van der Waals surface area contributed by atoms with E-state index < -0.39 is 11.9 Å². The van der Waals surface area contributed by atoms with Crippen molar-refractivity contribution in [1.29, 1.82) is 0 Å². The summed E-state index contributed by atoms with van der Waals surface area (Å²) in [5, 5.41) is 12.6. The molecule has 6 heteroatoms. The average molecular weight is 341 g/mol. The lowest BCUT2D eigenvalue weighted by Crippen LogP contribution is -2.12. The van der Waals surface area contributed by atoms with E-state index in [2.05, 4.69) is 11.9 Å². The molecule has 2 N–H and O–H groups in total. The van der Waals surface area contributed by atoms with Crippen LogP contribution in [0.5, 0.6) is 11.5 Å². The molecule has 0 spiro atoms. The van der Waals surface area contributed by atoms with Gasteiger partial charge in [-0.3, -0.25) is 4.79 Å². The van der Waals surface area contributed by atoms with Gasteiger partial charge in [-0.1, -0.05) is 12.7 Å². The van der Waals surface area contributed by atoms with Gasteiger partial charge in [0.1, 0.15) is 18.1 Å². The summed E-state index contributed by atoms with van der Waals surface area (Å²) in [7, 11) is 0. The number of rotatable bonds is 7. The van der Waals surface area contributed by atoms with Gasteiger partial charge in [0.05, 0.1) is 17.7 Å². The van der Waals surface area contributed by atoms with Crippen molar-refractivity contribution in [2.24, 2.45) is 0 Å². The SMILES string of the molecule is C=CCOc1ccc(C(=O)Nc2ccc(C(=O)OCC)cc2)c(O)c1. The van der Waals surface area contributed by atoms with Crippen LogP contribution in [0.3, 0.4) is 0 Å². The molecular formula is C19H19NO5. The largest absolute Gasteiger partial charge is 0.507 e. The molecule has 25 heavy (non-hydrogen) atoms. The van der Waals surface area contributed by atoms with Gasteiger partial charge in [0.25, 0.3) is 5.91 Å². The van der Waals surface area contributed by atoms with Crippen molar-refractivity contribution < 1.29 is 24.2 Å². The molecule has 1 amide bonds. The molecule has 0 unspecified atom stereocenters. The van der Waals surface area contributed by atoms with Gasteiger partial charge in [-0.15, -0.1) is 0 Å². The van der Waals surface area contributed by atoms with Crippen LogP contribution < -0.4 is 10.1 Å². The van der Waals surface area contributed by atoms with Gasteiger partial charge in [0.15, 0.2) is 0 Å². The van der Waals surface area contributed by atoms with E-state index in [9.17, 15) is 14.7 Å². The van der Waals surface area contributed by atoms with Gasteiger partial charge < -0.3 is 19.9 Å². The lowest BCUT2D eigenvalue weighted by Gasteiger charge is -2.09. The van der Waals surface area contributed by atoms with E-state index in [1.54, 1.807) is 43.3 Å². The van der Waals surface area contributed by atoms with E-state index >= 15 is 0 Å². The Kier molecular flexibility index (Phi) is 6.17. The van der Waals surface area contributed by atoms with Crippen LogP contribution in [0.1, 0.15) is 27.6 Å². The van der Waals surface area contributed by atoms with E-state index in [4.69, 9.17) is 9.47 Å². The minimum Gasteiger partial charge on any atom is -0.507 e. The fraction of sp³-hybridized carbons (Fsp3) is 0.158. The van der Waals surface area contributed by atoms with Gasteiger partial charge in [0.2, 0.25) is 0 Å². The number of amides is 1. The minimum absolute atomic E-state index is 0.112. The smallest absolute Gasteiger partial charge is 0.338 e. The molecule has 2 rings (SSSR count). The highest BCUT2D eigenvalue weighted by atomic mass is 16.5. The molecular weight excluding hydrogens is 322 g/mol. The number of anilines is 1. The van der Waals surface area contributed by atoms with Gasteiger partial charge in [-0.05, 0) is 43.3 Å². The molecule has 130 valence electrons. The van der Waals surface area contributed by atoms with Crippen LogP contribution in [-0.2, 0) is 4.74 Å². The average Bonchev–Trinajstić information content (AvgIpc) is 2.60. The number of nitrogens with one attached hydrogen (secondary N) is 1. The summed E-state index contributed by atoms with van der Waals surface area (Å²) >= 11 is 0. The highest BCUT2D eigenvalue weighted by Crippen LogP contribution is 2.24. The molecule has 0 aromatic heterocycles. The number of benzene rings is 2. The number of aromatic hydroxyl groups is 1. The molecule has 0 aliphatic heterocycles. The Balaban J connectivity index is 2.06. The van der Waals surface area contributed by atoms with Crippen molar-refractivity contribution in [1.82, 2.24) is 0 Å². The normalized spacial score (nSPS) is 9.96. The predicted molar refractivity (Wildman–Crippen MR) is 94.2 cm³/mol. The van der Waals surface area contributed by atoms with Crippen molar-refractivity contribution in [3.63, 3.8) is 0 Å². The van der Waals surface area contributed by atoms with Crippen molar-refractivity contribution in [2.45, 2.75) is 6.92 Å². The topological polar surface area (TPSA) is 84.9 Å². The standard InChI is InChI=1S/C19H19NO5/c1-3-11-25-15-9-10-16(17(21)12-15)18(22)20-14-7-5-13(6-8-14)19(23)24-4-2/h3,5-10,12,21H,1,4,11H2,2H3,(H,20,22). The van der Waals surface area contributed by atoms with E-state index in [-0.39, 0.29) is 11.3 Å². The zero-order valence-electron chi connectivity index (χ0n) is 13.8. The van der Waals surface area contributed by atoms with Crippen LogP contribution in [-0.4, -0.2) is 30.2 Å². The first kappa shape index (κ1) is 18.1. The van der Waals surface area contributed by atoms with Crippen LogP contribution in [0.25, 0.3) is 0 Å². The molecule has 0 fully saturated rings. The summed E-state index contributed by atoms with van der Waals surface area (Å²) in [6.45, 7) is 5.86. The van der Waals surface area contributed by atoms with E-state index in [1.807, 2.05) is 0 Å². The maximum absolute atomic E-state index is 12.3. The lowest BCUT2D eigenvalue weighted by atomic mass is 10.1. The monoisotopic (exact) mass is 341 g/mol. The van der Waals surface area contributed by atoms with Crippen LogP contribution in [0, 0.1) is 0 Å². The zero-order valence-corrected chi connectivity index (χ0v) is 13.8. The number of carbonyl (C=O) groups is 2. The van der Waals surface area contributed by atoms with Crippen LogP contribution in [0.15, 0.2) is 55.1 Å². The molecule has 0 atom stereocenters. The summed E-state index contributed by atoms with van der Waals surface area (Å²) in [5.41, 5.74) is 0.997. The number of carbonyl (C=O) groups excluding carboxylic acids is 2. The summed E-state index contributed by atoms with van der Waals surface area (Å²) in [4.78, 5) is 23.9. The highest BCUT2D eigenvalue weighted by molar-refractivity contribution is 6.06. The third kappa shape index (κ3) is 4.84. The Hall–Kier alpha value is -3.28. The Morgan fingerprint density at radius 1 is 1.20 bits per heavy atom. The predicted octanol–water partition coefficient (Wildman–Crippen LogP) is 3.39. The molecule has 2 aromatic rings. The Morgan fingerprint density at radius 3 is 2.52 bits per heavy atom. The quantitative estimate of drug-likeness (QED) is 0.596. The van der Waals surface area contributed by atoms with Crippen molar-refractivity contribution >= 4 is 17.6 Å². The summed E-state index contributed by atoms with van der Waals surface area (Å²) in [6, 6.07) is 10.7. The van der Waals surface area contributed by atoms with Gasteiger partial charge >= 0.3 is 5.97 Å². The molecule has 0 aliphatic rings. The molecule has 0 saturated carbocycles. The van der Waals surface area contributed by atoms with E-state index in [0.29, 0.717) is 30.2 Å². The minimum atomic E-state index is -0.475. The van der Waals surface area contributed by atoms with Crippen molar-refractivity contribution in [3.05, 3.63) is 66.2 Å². The molecule has 6 nitrogen and oxygen atoms in total. The number of hydrogen-bond donors (Lipinski definition) is 2.